The van der Waals surface area contributed by atoms with E-state index in [1.807, 2.05) is 6.92 Å². The van der Waals surface area contributed by atoms with E-state index in [1.165, 1.54) is 11.1 Å². The van der Waals surface area contributed by atoms with Gasteiger partial charge in [-0.2, -0.15) is 5.10 Å². The smallest absolute Gasteiger partial charge is 0.0925 e. The Morgan fingerprint density at radius 2 is 1.90 bits per heavy atom. The maximum Gasteiger partial charge on any atom is 0.0925 e. The van der Waals surface area contributed by atoms with Crippen LogP contribution in [-0.2, 0) is 0 Å². The Kier molecular flexibility index (Phi) is 4.66. The molecule has 20 heavy (non-hydrogen) atoms. The molecule has 0 aliphatic carbocycles. The summed E-state index contributed by atoms with van der Waals surface area (Å²) in [5.41, 5.74) is 11.0. The lowest BCUT2D eigenvalue weighted by molar-refractivity contribution is 0.414. The van der Waals surface area contributed by atoms with Crippen molar-refractivity contribution in [1.82, 2.24) is 9.78 Å². The third-order valence-corrected chi connectivity index (χ3v) is 5.03. The lowest BCUT2D eigenvalue weighted by Crippen LogP contribution is -2.34. The molecule has 0 bridgehead atoms. The molecule has 0 saturated heterocycles. The predicted octanol–water partition coefficient (Wildman–Crippen LogP) is 3.90. The number of aryl methyl sites for hydroxylation is 2. The van der Waals surface area contributed by atoms with E-state index in [9.17, 15) is 0 Å². The van der Waals surface area contributed by atoms with Crippen LogP contribution < -0.4 is 5.73 Å². The third-order valence-electron chi connectivity index (χ3n) is 3.88. The average Bonchev–Trinajstić information content (AvgIpc) is 2.69. The minimum Gasteiger partial charge on any atom is -0.326 e. The fourth-order valence-corrected chi connectivity index (χ4v) is 2.86. The quantitative estimate of drug-likeness (QED) is 0.920. The van der Waals surface area contributed by atoms with Crippen LogP contribution in [0, 0.1) is 20.8 Å². The molecular formula is C16H22BrN3. The second-order valence-electron chi connectivity index (χ2n) is 5.30. The largest absolute Gasteiger partial charge is 0.326 e. The van der Waals surface area contributed by atoms with Gasteiger partial charge in [0.15, 0.2) is 0 Å². The maximum atomic E-state index is 6.40. The average molecular weight is 336 g/mol. The second kappa shape index (κ2) is 6.10. The Balaban J connectivity index is 2.59. The molecule has 0 aliphatic heterocycles. The normalized spacial score (nSPS) is 14.3. The molecule has 108 valence electrons. The summed E-state index contributed by atoms with van der Waals surface area (Å²) in [4.78, 5) is 0. The van der Waals surface area contributed by atoms with Crippen LogP contribution >= 0.6 is 15.9 Å². The summed E-state index contributed by atoms with van der Waals surface area (Å²) < 4.78 is 3.13. The van der Waals surface area contributed by atoms with Crippen LogP contribution in [0.5, 0.6) is 0 Å². The van der Waals surface area contributed by atoms with E-state index in [0.717, 1.165) is 22.3 Å². The number of hydrogen-bond acceptors (Lipinski definition) is 2. The van der Waals surface area contributed by atoms with Crippen molar-refractivity contribution in [1.29, 1.82) is 0 Å². The van der Waals surface area contributed by atoms with Crippen LogP contribution in [0.1, 0.15) is 41.9 Å². The molecule has 2 unspecified atom stereocenters. The van der Waals surface area contributed by atoms with Gasteiger partial charge in [0.2, 0.25) is 0 Å². The Morgan fingerprint density at radius 1 is 1.25 bits per heavy atom. The van der Waals surface area contributed by atoms with Crippen molar-refractivity contribution in [2.45, 2.75) is 46.2 Å². The van der Waals surface area contributed by atoms with Gasteiger partial charge >= 0.3 is 0 Å². The number of hydrogen-bond donors (Lipinski definition) is 1. The first kappa shape index (κ1) is 15.3. The highest BCUT2D eigenvalue weighted by Gasteiger charge is 2.25. The van der Waals surface area contributed by atoms with Gasteiger partial charge < -0.3 is 5.73 Å². The number of benzene rings is 1. The summed E-state index contributed by atoms with van der Waals surface area (Å²) >= 11 is 3.61. The SMILES string of the molecule is CCC(N)C(c1ccccc1C)n1nc(C)c(Br)c1C. The van der Waals surface area contributed by atoms with Gasteiger partial charge in [-0.05, 0) is 54.2 Å². The summed E-state index contributed by atoms with van der Waals surface area (Å²) in [7, 11) is 0. The molecule has 0 spiro atoms. The Bertz CT molecular complexity index is 604. The van der Waals surface area contributed by atoms with E-state index in [0.29, 0.717) is 0 Å². The molecule has 3 nitrogen and oxygen atoms in total. The molecule has 0 saturated carbocycles. The van der Waals surface area contributed by atoms with Gasteiger partial charge in [0, 0.05) is 6.04 Å². The van der Waals surface area contributed by atoms with E-state index in [4.69, 9.17) is 5.73 Å². The molecule has 2 aromatic rings. The van der Waals surface area contributed by atoms with Crippen molar-refractivity contribution in [2.75, 3.05) is 0 Å². The van der Waals surface area contributed by atoms with Crippen molar-refractivity contribution in [3.05, 3.63) is 51.3 Å². The molecule has 1 heterocycles. The molecule has 1 aromatic carbocycles. The Morgan fingerprint density at radius 3 is 2.40 bits per heavy atom. The topological polar surface area (TPSA) is 43.8 Å². The van der Waals surface area contributed by atoms with Crippen LogP contribution in [0.2, 0.25) is 0 Å². The number of rotatable bonds is 4. The maximum absolute atomic E-state index is 6.40. The molecule has 0 amide bonds. The summed E-state index contributed by atoms with van der Waals surface area (Å²) in [5, 5.41) is 4.69. The zero-order valence-corrected chi connectivity index (χ0v) is 14.1. The molecule has 0 radical (unpaired) electrons. The Hall–Kier alpha value is -1.13. The van der Waals surface area contributed by atoms with Gasteiger partial charge in [-0.15, -0.1) is 0 Å². The second-order valence-corrected chi connectivity index (χ2v) is 6.10. The van der Waals surface area contributed by atoms with Crippen molar-refractivity contribution < 1.29 is 0 Å². The van der Waals surface area contributed by atoms with E-state index in [2.05, 4.69) is 70.7 Å². The van der Waals surface area contributed by atoms with Gasteiger partial charge in [-0.3, -0.25) is 4.68 Å². The minimum atomic E-state index is 0.0426. The highest BCUT2D eigenvalue weighted by Crippen LogP contribution is 2.30. The standard InChI is InChI=1S/C16H22BrN3/c1-5-14(18)16(13-9-7-6-8-10(13)2)20-12(4)15(17)11(3)19-20/h6-9,14,16H,5,18H2,1-4H3. The van der Waals surface area contributed by atoms with Gasteiger partial charge in [-0.25, -0.2) is 0 Å². The lowest BCUT2D eigenvalue weighted by Gasteiger charge is -2.26. The minimum absolute atomic E-state index is 0.0426. The number of nitrogens with two attached hydrogens (primary N) is 1. The highest BCUT2D eigenvalue weighted by molar-refractivity contribution is 9.10. The Labute approximate surface area is 129 Å². The third kappa shape index (κ3) is 2.67. The van der Waals surface area contributed by atoms with Crippen molar-refractivity contribution in [3.63, 3.8) is 0 Å². The molecule has 2 N–H and O–H groups in total. The lowest BCUT2D eigenvalue weighted by atomic mass is 9.94. The molecule has 0 fully saturated rings. The van der Waals surface area contributed by atoms with Gasteiger partial charge in [0.1, 0.15) is 0 Å². The fourth-order valence-electron chi connectivity index (χ4n) is 2.60. The molecule has 0 aliphatic rings. The van der Waals surface area contributed by atoms with E-state index in [1.54, 1.807) is 0 Å². The fraction of sp³-hybridized carbons (Fsp3) is 0.438. The van der Waals surface area contributed by atoms with Crippen LogP contribution in [0.3, 0.4) is 0 Å². The molecule has 1 aromatic heterocycles. The monoisotopic (exact) mass is 335 g/mol. The molecule has 4 heteroatoms. The van der Waals surface area contributed by atoms with E-state index < -0.39 is 0 Å². The first-order valence-corrected chi connectivity index (χ1v) is 7.79. The zero-order valence-electron chi connectivity index (χ0n) is 12.5. The van der Waals surface area contributed by atoms with Gasteiger partial charge in [-0.1, -0.05) is 31.2 Å². The highest BCUT2D eigenvalue weighted by atomic mass is 79.9. The number of nitrogens with zero attached hydrogens (tertiary/aromatic N) is 2. The van der Waals surface area contributed by atoms with E-state index >= 15 is 0 Å². The summed E-state index contributed by atoms with van der Waals surface area (Å²) in [6.45, 7) is 8.35. The zero-order chi connectivity index (χ0) is 14.9. The van der Waals surface area contributed by atoms with Gasteiger partial charge in [0.05, 0.1) is 21.9 Å². The first-order valence-electron chi connectivity index (χ1n) is 6.99. The van der Waals surface area contributed by atoms with Crippen molar-refractivity contribution in [2.24, 2.45) is 5.73 Å². The van der Waals surface area contributed by atoms with Crippen molar-refractivity contribution in [3.8, 4) is 0 Å². The van der Waals surface area contributed by atoms with Gasteiger partial charge in [0.25, 0.3) is 0 Å². The number of halogens is 1. The molecule has 2 rings (SSSR count). The summed E-state index contributed by atoms with van der Waals surface area (Å²) in [5.74, 6) is 0. The summed E-state index contributed by atoms with van der Waals surface area (Å²) in [6, 6.07) is 8.53. The van der Waals surface area contributed by atoms with E-state index in [-0.39, 0.29) is 12.1 Å². The summed E-state index contributed by atoms with van der Waals surface area (Å²) in [6.07, 6.45) is 0.912. The van der Waals surface area contributed by atoms with Crippen LogP contribution in [0.15, 0.2) is 28.7 Å². The van der Waals surface area contributed by atoms with Crippen LogP contribution in [0.4, 0.5) is 0 Å². The predicted molar refractivity (Wildman–Crippen MR) is 87.0 cm³/mol. The molecule has 2 atom stereocenters. The number of aromatic nitrogens is 2. The van der Waals surface area contributed by atoms with Crippen LogP contribution in [0.25, 0.3) is 0 Å². The van der Waals surface area contributed by atoms with Crippen molar-refractivity contribution >= 4 is 15.9 Å². The van der Waals surface area contributed by atoms with Crippen LogP contribution in [-0.4, -0.2) is 15.8 Å². The molecular weight excluding hydrogens is 314 g/mol. The first-order chi connectivity index (χ1) is 9.47.